The molecule has 1 atom stereocenters. The lowest BCUT2D eigenvalue weighted by Crippen LogP contribution is -1.89. The van der Waals surface area contributed by atoms with Crippen molar-refractivity contribution < 1.29 is 0 Å². The van der Waals surface area contributed by atoms with Crippen molar-refractivity contribution in [2.75, 3.05) is 0 Å². The van der Waals surface area contributed by atoms with Crippen LogP contribution < -0.4 is 0 Å². The predicted molar refractivity (Wildman–Crippen MR) is 54.6 cm³/mol. The normalized spacial score (nSPS) is 21.6. The number of aliphatic imine (C=N–C) groups is 1. The smallest absolute Gasteiger partial charge is 0.0749 e. The van der Waals surface area contributed by atoms with E-state index in [-0.39, 0.29) is 0 Å². The van der Waals surface area contributed by atoms with Crippen LogP contribution in [0.1, 0.15) is 24.4 Å². The third kappa shape index (κ3) is 1.58. The van der Waals surface area contributed by atoms with Crippen molar-refractivity contribution in [3.63, 3.8) is 0 Å². The van der Waals surface area contributed by atoms with E-state index in [0.29, 0.717) is 6.04 Å². The van der Waals surface area contributed by atoms with Crippen molar-refractivity contribution in [2.24, 2.45) is 4.99 Å². The highest BCUT2D eigenvalue weighted by Gasteiger charge is 2.12. The highest BCUT2D eigenvalue weighted by Crippen LogP contribution is 2.27. The Bertz CT molecular complexity index is 306. The second-order valence-electron chi connectivity index (χ2n) is 2.98. The van der Waals surface area contributed by atoms with E-state index in [1.807, 2.05) is 12.3 Å². The van der Waals surface area contributed by atoms with Crippen LogP contribution in [0.5, 0.6) is 0 Å². The lowest BCUT2D eigenvalue weighted by Gasteiger charge is -2.06. The van der Waals surface area contributed by atoms with Gasteiger partial charge >= 0.3 is 0 Å². The number of rotatable bonds is 1. The van der Waals surface area contributed by atoms with E-state index in [1.165, 1.54) is 5.56 Å². The molecule has 0 radical (unpaired) electrons. The summed E-state index contributed by atoms with van der Waals surface area (Å²) in [4.78, 5) is 4.40. The molecule has 0 spiro atoms. The molecule has 1 aliphatic rings. The molecule has 0 saturated carbocycles. The summed E-state index contributed by atoms with van der Waals surface area (Å²) in [5, 5.41) is 0. The summed E-state index contributed by atoms with van der Waals surface area (Å²) in [5.41, 5.74) is 1.32. The van der Waals surface area contributed by atoms with Crippen molar-refractivity contribution in [1.82, 2.24) is 0 Å². The molecule has 1 aliphatic heterocycles. The SMILES string of the molecule is Brc1cccc(C2CCC=N2)c1. The van der Waals surface area contributed by atoms with Crippen molar-refractivity contribution in [3.8, 4) is 0 Å². The van der Waals surface area contributed by atoms with Crippen LogP contribution in [-0.2, 0) is 0 Å². The van der Waals surface area contributed by atoms with Gasteiger partial charge in [0.05, 0.1) is 6.04 Å². The van der Waals surface area contributed by atoms with E-state index in [1.54, 1.807) is 0 Å². The number of benzene rings is 1. The Morgan fingerprint density at radius 2 is 2.33 bits per heavy atom. The largest absolute Gasteiger partial charge is 0.289 e. The summed E-state index contributed by atoms with van der Waals surface area (Å²) in [6, 6.07) is 8.79. The first-order valence-electron chi connectivity index (χ1n) is 4.13. The summed E-state index contributed by atoms with van der Waals surface area (Å²) in [6.07, 6.45) is 4.30. The van der Waals surface area contributed by atoms with Crippen LogP contribution in [0.4, 0.5) is 0 Å². The van der Waals surface area contributed by atoms with Crippen LogP contribution in [0.25, 0.3) is 0 Å². The van der Waals surface area contributed by atoms with Crippen LogP contribution >= 0.6 is 15.9 Å². The molecule has 1 nitrogen and oxygen atoms in total. The van der Waals surface area contributed by atoms with Gasteiger partial charge in [0.15, 0.2) is 0 Å². The minimum atomic E-state index is 0.405. The zero-order valence-corrected chi connectivity index (χ0v) is 8.29. The highest BCUT2D eigenvalue weighted by atomic mass is 79.9. The summed E-state index contributed by atoms with van der Waals surface area (Å²) in [5.74, 6) is 0. The molecule has 2 rings (SSSR count). The topological polar surface area (TPSA) is 12.4 Å². The maximum Gasteiger partial charge on any atom is 0.0749 e. The van der Waals surface area contributed by atoms with Gasteiger partial charge in [0, 0.05) is 4.47 Å². The first kappa shape index (κ1) is 7.99. The van der Waals surface area contributed by atoms with E-state index in [9.17, 15) is 0 Å². The van der Waals surface area contributed by atoms with Gasteiger partial charge in [0.2, 0.25) is 0 Å². The number of hydrogen-bond acceptors (Lipinski definition) is 1. The van der Waals surface area contributed by atoms with Gasteiger partial charge in [-0.1, -0.05) is 28.1 Å². The maximum absolute atomic E-state index is 4.40. The standard InChI is InChI=1S/C10H10BrN/c11-9-4-1-3-8(7-9)10-5-2-6-12-10/h1,3-4,6-7,10H,2,5H2. The maximum atomic E-state index is 4.40. The van der Waals surface area contributed by atoms with Crippen molar-refractivity contribution in [3.05, 3.63) is 34.3 Å². The van der Waals surface area contributed by atoms with Crippen molar-refractivity contribution in [1.29, 1.82) is 0 Å². The third-order valence-corrected chi connectivity index (χ3v) is 2.58. The molecule has 1 heterocycles. The van der Waals surface area contributed by atoms with E-state index >= 15 is 0 Å². The van der Waals surface area contributed by atoms with E-state index in [2.05, 4.69) is 39.1 Å². The molecule has 0 saturated heterocycles. The molecule has 1 unspecified atom stereocenters. The second kappa shape index (κ2) is 3.40. The average Bonchev–Trinajstić information content (AvgIpc) is 2.56. The van der Waals surface area contributed by atoms with Gasteiger partial charge < -0.3 is 0 Å². The molecule has 62 valence electrons. The zero-order chi connectivity index (χ0) is 8.39. The Morgan fingerprint density at radius 1 is 1.42 bits per heavy atom. The Hall–Kier alpha value is -0.630. The number of halogens is 1. The Morgan fingerprint density at radius 3 is 3.00 bits per heavy atom. The number of nitrogens with zero attached hydrogens (tertiary/aromatic N) is 1. The van der Waals surface area contributed by atoms with Crippen LogP contribution in [0.3, 0.4) is 0 Å². The second-order valence-corrected chi connectivity index (χ2v) is 3.90. The van der Waals surface area contributed by atoms with Gasteiger partial charge in [-0.05, 0) is 36.8 Å². The predicted octanol–water partition coefficient (Wildman–Crippen LogP) is 3.35. The third-order valence-electron chi connectivity index (χ3n) is 2.09. The molecule has 0 aliphatic carbocycles. The quantitative estimate of drug-likeness (QED) is 0.693. The monoisotopic (exact) mass is 223 g/mol. The summed E-state index contributed by atoms with van der Waals surface area (Å²) < 4.78 is 1.14. The molecule has 2 heteroatoms. The van der Waals surface area contributed by atoms with Crippen LogP contribution in [0, 0.1) is 0 Å². The lowest BCUT2D eigenvalue weighted by molar-refractivity contribution is 0.723. The van der Waals surface area contributed by atoms with Crippen LogP contribution in [-0.4, -0.2) is 6.21 Å². The molecule has 0 aromatic heterocycles. The molecule has 0 N–H and O–H groups in total. The molecule has 1 aromatic rings. The molecule has 0 amide bonds. The minimum absolute atomic E-state index is 0.405. The fourth-order valence-corrected chi connectivity index (χ4v) is 1.89. The molecule has 12 heavy (non-hydrogen) atoms. The van der Waals surface area contributed by atoms with Crippen molar-refractivity contribution in [2.45, 2.75) is 18.9 Å². The Balaban J connectivity index is 2.27. The summed E-state index contributed by atoms with van der Waals surface area (Å²) in [6.45, 7) is 0. The van der Waals surface area contributed by atoms with Gasteiger partial charge in [-0.15, -0.1) is 0 Å². The first-order valence-corrected chi connectivity index (χ1v) is 4.92. The zero-order valence-electron chi connectivity index (χ0n) is 6.70. The molecular weight excluding hydrogens is 214 g/mol. The number of hydrogen-bond donors (Lipinski definition) is 0. The van der Waals surface area contributed by atoms with Crippen molar-refractivity contribution >= 4 is 22.1 Å². The summed E-state index contributed by atoms with van der Waals surface area (Å²) in [7, 11) is 0. The van der Waals surface area contributed by atoms with Gasteiger partial charge in [0.25, 0.3) is 0 Å². The molecule has 0 fully saturated rings. The highest BCUT2D eigenvalue weighted by molar-refractivity contribution is 9.10. The fourth-order valence-electron chi connectivity index (χ4n) is 1.48. The van der Waals surface area contributed by atoms with Crippen LogP contribution in [0.2, 0.25) is 0 Å². The van der Waals surface area contributed by atoms with E-state index < -0.39 is 0 Å². The van der Waals surface area contributed by atoms with E-state index in [0.717, 1.165) is 17.3 Å². The molecular formula is C10H10BrN. The minimum Gasteiger partial charge on any atom is -0.289 e. The average molecular weight is 224 g/mol. The Kier molecular flexibility index (Phi) is 2.26. The lowest BCUT2D eigenvalue weighted by atomic mass is 10.1. The van der Waals surface area contributed by atoms with Gasteiger partial charge in [-0.25, -0.2) is 0 Å². The Labute approximate surface area is 80.6 Å². The van der Waals surface area contributed by atoms with Gasteiger partial charge in [-0.2, -0.15) is 0 Å². The summed E-state index contributed by atoms with van der Waals surface area (Å²) >= 11 is 3.46. The van der Waals surface area contributed by atoms with E-state index in [4.69, 9.17) is 0 Å². The van der Waals surface area contributed by atoms with Gasteiger partial charge in [0.1, 0.15) is 0 Å². The molecule has 1 aromatic carbocycles. The van der Waals surface area contributed by atoms with Crippen LogP contribution in [0.15, 0.2) is 33.7 Å². The fraction of sp³-hybridized carbons (Fsp3) is 0.300. The first-order chi connectivity index (χ1) is 5.86. The molecule has 0 bridgehead atoms. The van der Waals surface area contributed by atoms with Gasteiger partial charge in [-0.3, -0.25) is 4.99 Å².